The first-order valence-electron chi connectivity index (χ1n) is 18.7. The molecule has 0 saturated heterocycles. The number of nitrogens with zero attached hydrogens (tertiary/aromatic N) is 3. The van der Waals surface area contributed by atoms with Gasteiger partial charge in [0.1, 0.15) is 5.15 Å². The lowest BCUT2D eigenvalue weighted by atomic mass is 9.81. The molecule has 11 heteroatoms. The zero-order chi connectivity index (χ0) is 34.8. The Labute approximate surface area is 303 Å². The summed E-state index contributed by atoms with van der Waals surface area (Å²) in [6.07, 6.45) is 17.9. The molecule has 0 radical (unpaired) electrons. The summed E-state index contributed by atoms with van der Waals surface area (Å²) in [6.45, 7) is 0. The fourth-order valence-corrected chi connectivity index (χ4v) is 10.9. The molecule has 4 N–H and O–H groups in total. The lowest BCUT2D eigenvalue weighted by Crippen LogP contribution is -2.51. The van der Waals surface area contributed by atoms with Crippen LogP contribution in [0.15, 0.2) is 42.9 Å². The van der Waals surface area contributed by atoms with E-state index in [0.717, 1.165) is 115 Å². The van der Waals surface area contributed by atoms with Gasteiger partial charge in [-0.3, -0.25) is 14.6 Å². The van der Waals surface area contributed by atoms with Crippen molar-refractivity contribution in [1.29, 1.82) is 0 Å². The van der Waals surface area contributed by atoms with Gasteiger partial charge < -0.3 is 20.6 Å². The Kier molecular flexibility index (Phi) is 5.47. The van der Waals surface area contributed by atoms with Crippen LogP contribution in [-0.2, 0) is 36.5 Å². The summed E-state index contributed by atoms with van der Waals surface area (Å²) in [6, 6.07) is 7.03. The van der Waals surface area contributed by atoms with Crippen LogP contribution < -0.4 is 10.6 Å². The van der Waals surface area contributed by atoms with Crippen molar-refractivity contribution in [2.24, 2.45) is 0 Å². The first kappa shape index (κ1) is 29.7. The molecule has 4 spiro atoms. The molecular formula is C41H35ClFN7O2. The number of hydrogen-bond acceptors (Lipinski definition) is 5. The number of carbonyl (C=O) groups excluding carboxylic acids is 2. The molecule has 5 aromatic heterocycles. The largest absolute Gasteiger partial charge is 0.357 e. The predicted molar refractivity (Wildman–Crippen MR) is 192 cm³/mol. The number of pyridine rings is 3. The maximum Gasteiger partial charge on any atom is 0.253 e. The zero-order valence-electron chi connectivity index (χ0n) is 28.4. The molecule has 8 aliphatic rings. The van der Waals surface area contributed by atoms with Crippen LogP contribution >= 0.6 is 11.6 Å². The van der Waals surface area contributed by atoms with E-state index in [1.54, 1.807) is 6.07 Å². The highest BCUT2D eigenvalue weighted by molar-refractivity contribution is 6.29. The number of rotatable bonds is 1. The molecule has 7 heterocycles. The van der Waals surface area contributed by atoms with Gasteiger partial charge in [-0.2, -0.15) is 4.39 Å². The average molecular weight is 712 g/mol. The fraction of sp³-hybridized carbons (Fsp3) is 0.390. The van der Waals surface area contributed by atoms with E-state index in [-0.39, 0.29) is 33.7 Å². The van der Waals surface area contributed by atoms with Crippen molar-refractivity contribution in [3.8, 4) is 33.8 Å². The average Bonchev–Trinajstić information content (AvgIpc) is 3.97. The van der Waals surface area contributed by atoms with E-state index in [1.807, 2.05) is 18.5 Å². The van der Waals surface area contributed by atoms with Crippen molar-refractivity contribution < 1.29 is 14.0 Å². The van der Waals surface area contributed by atoms with Crippen molar-refractivity contribution in [2.75, 3.05) is 0 Å². The predicted octanol–water partition coefficient (Wildman–Crippen LogP) is 6.82. The van der Waals surface area contributed by atoms with Gasteiger partial charge in [-0.15, -0.1) is 0 Å². The molecule has 13 rings (SSSR count). The molecule has 52 heavy (non-hydrogen) atoms. The number of nitrogens with one attached hydrogen (secondary N) is 4. The van der Waals surface area contributed by atoms with Gasteiger partial charge in [-0.05, 0) is 124 Å². The van der Waals surface area contributed by atoms with E-state index in [9.17, 15) is 14.0 Å². The Morgan fingerprint density at radius 2 is 1.17 bits per heavy atom. The van der Waals surface area contributed by atoms with Gasteiger partial charge in [0.25, 0.3) is 11.8 Å². The summed E-state index contributed by atoms with van der Waals surface area (Å²) in [5.41, 5.74) is 15.1. The van der Waals surface area contributed by atoms with Gasteiger partial charge in [0.05, 0.1) is 39.3 Å². The van der Waals surface area contributed by atoms with E-state index in [0.29, 0.717) is 5.15 Å². The first-order chi connectivity index (χ1) is 25.2. The van der Waals surface area contributed by atoms with Crippen LogP contribution in [0, 0.1) is 5.95 Å². The third-order valence-electron chi connectivity index (χ3n) is 13.9. The quantitative estimate of drug-likeness (QED) is 0.142. The topological polar surface area (TPSA) is 128 Å². The van der Waals surface area contributed by atoms with Gasteiger partial charge in [-0.25, -0.2) is 9.97 Å². The minimum Gasteiger partial charge on any atom is -0.357 e. The minimum atomic E-state index is -0.499. The summed E-state index contributed by atoms with van der Waals surface area (Å²) in [5, 5.41) is 7.22. The molecule has 0 unspecified atom stereocenters. The molecule has 260 valence electrons. The third kappa shape index (κ3) is 3.76. The van der Waals surface area contributed by atoms with Gasteiger partial charge in [0.15, 0.2) is 0 Å². The fourth-order valence-electron chi connectivity index (χ4n) is 10.7. The molecular weight excluding hydrogens is 677 g/mol. The molecule has 4 fully saturated rings. The molecule has 0 bridgehead atoms. The van der Waals surface area contributed by atoms with E-state index in [1.165, 1.54) is 53.2 Å². The number of aromatic nitrogens is 5. The third-order valence-corrected chi connectivity index (χ3v) is 14.2. The van der Waals surface area contributed by atoms with Crippen molar-refractivity contribution in [1.82, 2.24) is 35.6 Å². The summed E-state index contributed by atoms with van der Waals surface area (Å²) in [5.74, 6) is -0.287. The van der Waals surface area contributed by atoms with Crippen molar-refractivity contribution >= 4 is 23.4 Å². The van der Waals surface area contributed by atoms with Gasteiger partial charge in [0, 0.05) is 57.5 Å². The van der Waals surface area contributed by atoms with Crippen LogP contribution in [0.3, 0.4) is 0 Å². The highest BCUT2D eigenvalue weighted by Crippen LogP contribution is 2.68. The van der Waals surface area contributed by atoms with Crippen LogP contribution in [0.5, 0.6) is 0 Å². The Hall–Kier alpha value is -4.83. The second kappa shape index (κ2) is 9.58. The van der Waals surface area contributed by atoms with Gasteiger partial charge >= 0.3 is 0 Å². The minimum absolute atomic E-state index is 0.00343. The highest BCUT2D eigenvalue weighted by atomic mass is 35.5. The number of H-pyrrole nitrogens is 2. The Morgan fingerprint density at radius 3 is 1.67 bits per heavy atom. The number of aromatic amines is 2. The Balaban J connectivity index is 0.000000121. The number of hydrogen-bond donors (Lipinski definition) is 4. The molecule has 2 amide bonds. The summed E-state index contributed by atoms with van der Waals surface area (Å²) >= 11 is 6.12. The lowest BCUT2D eigenvalue weighted by Gasteiger charge is -2.33. The summed E-state index contributed by atoms with van der Waals surface area (Å²) < 4.78 is 13.2. The lowest BCUT2D eigenvalue weighted by molar-refractivity contribution is 0.0890. The van der Waals surface area contributed by atoms with Crippen molar-refractivity contribution in [3.05, 3.63) is 98.7 Å². The number of carbonyl (C=O) groups is 2. The Bertz CT molecular complexity index is 2460. The molecule has 9 nitrogen and oxygen atoms in total. The monoisotopic (exact) mass is 711 g/mol. The van der Waals surface area contributed by atoms with Crippen LogP contribution in [0.25, 0.3) is 33.8 Å². The maximum absolute atomic E-state index is 13.2. The molecule has 4 saturated carbocycles. The van der Waals surface area contributed by atoms with E-state index in [2.05, 4.69) is 41.6 Å². The number of fused-ring (bicyclic) bond motifs is 14. The van der Waals surface area contributed by atoms with E-state index >= 15 is 0 Å². The van der Waals surface area contributed by atoms with Gasteiger partial charge in [-0.1, -0.05) is 11.6 Å². The first-order valence-corrected chi connectivity index (χ1v) is 19.0. The SMILES string of the molecule is O=C1NC2(CC2)C2(CC2)c2[nH]c3c(c21)CCc1cnc(-c2ccc(F)nc2)cc1-3.O=C1NC2(CC2)C2(CC2)c2[nH]c3c(c21)CCc1cnc(Cl)cc1-3. The second-order valence-corrected chi connectivity index (χ2v) is 16.8. The number of halogens is 2. The van der Waals surface area contributed by atoms with Crippen LogP contribution in [-0.4, -0.2) is 47.8 Å². The highest BCUT2D eigenvalue weighted by Gasteiger charge is 2.72. The Morgan fingerprint density at radius 1 is 0.635 bits per heavy atom. The maximum atomic E-state index is 13.2. The van der Waals surface area contributed by atoms with Crippen molar-refractivity contribution in [2.45, 2.75) is 99.0 Å². The zero-order valence-corrected chi connectivity index (χ0v) is 29.2. The van der Waals surface area contributed by atoms with Crippen LogP contribution in [0.2, 0.25) is 5.15 Å². The van der Waals surface area contributed by atoms with Crippen molar-refractivity contribution in [3.63, 3.8) is 0 Å². The van der Waals surface area contributed by atoms with Gasteiger partial charge in [0.2, 0.25) is 5.95 Å². The number of aryl methyl sites for hydroxylation is 2. The molecule has 2 aliphatic heterocycles. The van der Waals surface area contributed by atoms with E-state index in [4.69, 9.17) is 11.6 Å². The normalized spacial score (nSPS) is 22.5. The van der Waals surface area contributed by atoms with E-state index < -0.39 is 5.95 Å². The summed E-state index contributed by atoms with van der Waals surface area (Å²) in [4.78, 5) is 45.8. The smallest absolute Gasteiger partial charge is 0.253 e. The molecule has 0 aromatic carbocycles. The van der Waals surface area contributed by atoms with Crippen LogP contribution in [0.1, 0.15) is 106 Å². The molecule has 6 aliphatic carbocycles. The molecule has 0 atom stereocenters. The standard InChI is InChI=1S/C23H19FN4O.C18H16ClN3O/c24-17-4-2-13(11-26-17)16-9-15-12(10-25-16)1-3-14-18-20(27-19(14)15)22(5-6-22)23(7-8-23)28-21(18)29;19-12-7-11-9(8-20-12)1-2-10-13-15(21-14(10)11)17(3-4-17)18(5-6-18)22-16(13)23/h2,4,9-11,27H,1,3,5-8H2,(H,28,29);7-8,21H,1-6H2,(H,22,23). The van der Waals surface area contributed by atoms with Crippen LogP contribution in [0.4, 0.5) is 4.39 Å². The molecule has 5 aromatic rings. The second-order valence-electron chi connectivity index (χ2n) is 16.5. The number of amides is 2. The summed E-state index contributed by atoms with van der Waals surface area (Å²) in [7, 11) is 0.